The minimum atomic E-state index is -1.03. The zero-order valence-corrected chi connectivity index (χ0v) is 13.0. The molecular weight excluding hydrogens is 314 g/mol. The largest absolute Gasteiger partial charge is 0.480 e. The van der Waals surface area contributed by atoms with Crippen molar-refractivity contribution in [3.05, 3.63) is 28.8 Å². The predicted octanol–water partition coefficient (Wildman–Crippen LogP) is 1.97. The molecule has 0 bridgehead atoms. The van der Waals surface area contributed by atoms with Crippen molar-refractivity contribution < 1.29 is 19.4 Å². The molecule has 1 aromatic rings. The van der Waals surface area contributed by atoms with Crippen LogP contribution < -0.4 is 10.1 Å². The Morgan fingerprint density at radius 2 is 2.33 bits per heavy atom. The maximum Gasteiger partial charge on any atom is 0.326 e. The maximum absolute atomic E-state index is 12.1. The second kappa shape index (κ2) is 7.04. The van der Waals surface area contributed by atoms with Gasteiger partial charge in [-0.25, -0.2) is 4.79 Å². The predicted molar refractivity (Wildman–Crippen MR) is 82.1 cm³/mol. The second-order valence-electron chi connectivity index (χ2n) is 4.74. The summed E-state index contributed by atoms with van der Waals surface area (Å²) in [7, 11) is 0. The third-order valence-corrected chi connectivity index (χ3v) is 4.09. The molecule has 114 valence electrons. The van der Waals surface area contributed by atoms with Gasteiger partial charge in [0.15, 0.2) is 6.10 Å². The van der Waals surface area contributed by atoms with E-state index >= 15 is 0 Å². The van der Waals surface area contributed by atoms with Crippen LogP contribution in [0.4, 0.5) is 0 Å². The van der Waals surface area contributed by atoms with Crippen LogP contribution in [0.25, 0.3) is 0 Å². The highest BCUT2D eigenvalue weighted by Crippen LogP contribution is 2.31. The summed E-state index contributed by atoms with van der Waals surface area (Å²) in [4.78, 5) is 23.3. The summed E-state index contributed by atoms with van der Waals surface area (Å²) in [5, 5.41) is 12.2. The molecule has 1 amide bonds. The highest BCUT2D eigenvalue weighted by Gasteiger charge is 2.31. The Bertz CT molecular complexity index is 552. The van der Waals surface area contributed by atoms with E-state index in [1.54, 1.807) is 18.2 Å². The number of thioether (sulfide) groups is 1. The summed E-state index contributed by atoms with van der Waals surface area (Å²) in [6.07, 6.45) is 1.97. The number of benzene rings is 1. The third-order valence-electron chi connectivity index (χ3n) is 3.21. The Balaban J connectivity index is 1.97. The van der Waals surface area contributed by atoms with E-state index in [2.05, 4.69) is 5.32 Å². The molecule has 2 N–H and O–H groups in total. The molecule has 1 aliphatic heterocycles. The molecule has 2 atom stereocenters. The number of carbonyl (C=O) groups excluding carboxylic acids is 1. The van der Waals surface area contributed by atoms with E-state index in [1.165, 1.54) is 11.8 Å². The second-order valence-corrected chi connectivity index (χ2v) is 6.17. The van der Waals surface area contributed by atoms with Crippen molar-refractivity contribution in [2.45, 2.75) is 25.0 Å². The Labute approximate surface area is 132 Å². The number of carboxylic acids is 1. The molecule has 1 unspecified atom stereocenters. The van der Waals surface area contributed by atoms with Gasteiger partial charge in [-0.1, -0.05) is 11.6 Å². The Kier molecular flexibility index (Phi) is 5.36. The standard InChI is InChI=1S/C14H16ClNO4S/c1-21-5-4-10(14(18)19)16-13(17)12-7-8-6-9(15)2-3-11(8)20-12/h2-3,6,10,12H,4-5,7H2,1H3,(H,16,17)(H,18,19)/t10-,12?/m1/s1. The fourth-order valence-electron chi connectivity index (χ4n) is 2.12. The lowest BCUT2D eigenvalue weighted by Crippen LogP contribution is -2.47. The van der Waals surface area contributed by atoms with Crippen LogP contribution in [0.5, 0.6) is 5.75 Å². The van der Waals surface area contributed by atoms with Crippen molar-refractivity contribution in [3.63, 3.8) is 0 Å². The zero-order chi connectivity index (χ0) is 15.4. The van der Waals surface area contributed by atoms with Crippen LogP contribution in [0.1, 0.15) is 12.0 Å². The highest BCUT2D eigenvalue weighted by atomic mass is 35.5. The van der Waals surface area contributed by atoms with Gasteiger partial charge in [0.2, 0.25) is 0 Å². The molecule has 7 heteroatoms. The average molecular weight is 330 g/mol. The van der Waals surface area contributed by atoms with E-state index in [9.17, 15) is 9.59 Å². The van der Waals surface area contributed by atoms with Gasteiger partial charge in [-0.3, -0.25) is 4.79 Å². The SMILES string of the molecule is CSCC[C@@H](NC(=O)C1Cc2cc(Cl)ccc2O1)C(=O)O. The first kappa shape index (κ1) is 16.0. The van der Waals surface area contributed by atoms with E-state index in [0.717, 1.165) is 5.56 Å². The van der Waals surface area contributed by atoms with E-state index in [4.69, 9.17) is 21.4 Å². The van der Waals surface area contributed by atoms with E-state index in [-0.39, 0.29) is 0 Å². The first-order valence-corrected chi connectivity index (χ1v) is 8.25. The molecule has 0 saturated heterocycles. The van der Waals surface area contributed by atoms with Crippen molar-refractivity contribution in [2.24, 2.45) is 0 Å². The van der Waals surface area contributed by atoms with Crippen molar-refractivity contribution >= 4 is 35.2 Å². The molecule has 0 fully saturated rings. The van der Waals surface area contributed by atoms with E-state index in [1.807, 2.05) is 6.26 Å². The fourth-order valence-corrected chi connectivity index (χ4v) is 2.79. The summed E-state index contributed by atoms with van der Waals surface area (Å²) in [5.74, 6) is -0.152. The molecule has 0 aliphatic carbocycles. The lowest BCUT2D eigenvalue weighted by Gasteiger charge is -2.17. The van der Waals surface area contributed by atoms with Gasteiger partial charge in [0, 0.05) is 11.4 Å². The summed E-state index contributed by atoms with van der Waals surface area (Å²) >= 11 is 7.44. The first-order chi connectivity index (χ1) is 10.0. The number of aliphatic carboxylic acids is 1. The zero-order valence-electron chi connectivity index (χ0n) is 11.5. The maximum atomic E-state index is 12.1. The average Bonchev–Trinajstić information content (AvgIpc) is 2.85. The summed E-state index contributed by atoms with van der Waals surface area (Å²) in [5.41, 5.74) is 0.860. The molecule has 21 heavy (non-hydrogen) atoms. The van der Waals surface area contributed by atoms with Gasteiger partial charge in [0.1, 0.15) is 11.8 Å². The number of halogens is 1. The van der Waals surface area contributed by atoms with Crippen molar-refractivity contribution in [3.8, 4) is 5.75 Å². The number of hydrogen-bond donors (Lipinski definition) is 2. The first-order valence-electron chi connectivity index (χ1n) is 6.48. The number of carbonyl (C=O) groups is 2. The smallest absolute Gasteiger partial charge is 0.326 e. The third kappa shape index (κ3) is 4.04. The monoisotopic (exact) mass is 329 g/mol. The highest BCUT2D eigenvalue weighted by molar-refractivity contribution is 7.98. The van der Waals surface area contributed by atoms with Crippen LogP contribution >= 0.6 is 23.4 Å². The Morgan fingerprint density at radius 3 is 3.00 bits per heavy atom. The minimum Gasteiger partial charge on any atom is -0.480 e. The van der Waals surface area contributed by atoms with Gasteiger partial charge in [0.05, 0.1) is 0 Å². The summed E-state index contributed by atoms with van der Waals surface area (Å²) in [6, 6.07) is 4.28. The molecule has 1 aliphatic rings. The van der Waals surface area contributed by atoms with Crippen LogP contribution in [0, 0.1) is 0 Å². The van der Waals surface area contributed by atoms with Gasteiger partial charge in [-0.05, 0) is 42.2 Å². The molecule has 2 rings (SSSR count). The number of hydrogen-bond acceptors (Lipinski definition) is 4. The minimum absolute atomic E-state index is 0.383. The molecule has 1 aromatic carbocycles. The lowest BCUT2D eigenvalue weighted by molar-refractivity contribution is -0.142. The Morgan fingerprint density at radius 1 is 1.57 bits per heavy atom. The fraction of sp³-hybridized carbons (Fsp3) is 0.429. The molecule has 0 radical (unpaired) electrons. The number of fused-ring (bicyclic) bond motifs is 1. The number of amides is 1. The number of nitrogens with one attached hydrogen (secondary N) is 1. The molecule has 0 aromatic heterocycles. The number of carboxylic acid groups (broad SMARTS) is 1. The van der Waals surface area contributed by atoms with Gasteiger partial charge in [-0.15, -0.1) is 0 Å². The molecular formula is C14H16ClNO4S. The van der Waals surface area contributed by atoms with E-state index in [0.29, 0.717) is 29.4 Å². The molecule has 0 spiro atoms. The van der Waals surface area contributed by atoms with E-state index < -0.39 is 24.0 Å². The van der Waals surface area contributed by atoms with Gasteiger partial charge < -0.3 is 15.2 Å². The molecule has 1 heterocycles. The van der Waals surface area contributed by atoms with Crippen LogP contribution in [0.3, 0.4) is 0 Å². The van der Waals surface area contributed by atoms with Crippen LogP contribution in [0.2, 0.25) is 5.02 Å². The molecule has 0 saturated carbocycles. The van der Waals surface area contributed by atoms with Crippen LogP contribution in [-0.2, 0) is 16.0 Å². The number of ether oxygens (including phenoxy) is 1. The van der Waals surface area contributed by atoms with Gasteiger partial charge in [-0.2, -0.15) is 11.8 Å². The molecule has 5 nitrogen and oxygen atoms in total. The van der Waals surface area contributed by atoms with Crippen LogP contribution in [0.15, 0.2) is 18.2 Å². The van der Waals surface area contributed by atoms with Gasteiger partial charge in [0.25, 0.3) is 5.91 Å². The normalized spacial score (nSPS) is 17.7. The quantitative estimate of drug-likeness (QED) is 0.834. The summed E-state index contributed by atoms with van der Waals surface area (Å²) < 4.78 is 5.54. The topological polar surface area (TPSA) is 75.6 Å². The van der Waals surface area contributed by atoms with Crippen molar-refractivity contribution in [2.75, 3.05) is 12.0 Å². The summed E-state index contributed by atoms with van der Waals surface area (Å²) in [6.45, 7) is 0. The van der Waals surface area contributed by atoms with Gasteiger partial charge >= 0.3 is 5.97 Å². The Hall–Kier alpha value is -1.40. The lowest BCUT2D eigenvalue weighted by atomic mass is 10.1. The van der Waals surface area contributed by atoms with Crippen molar-refractivity contribution in [1.82, 2.24) is 5.32 Å². The number of rotatable bonds is 6. The van der Waals surface area contributed by atoms with Crippen LogP contribution in [-0.4, -0.2) is 41.1 Å². The van der Waals surface area contributed by atoms with Crippen molar-refractivity contribution in [1.29, 1.82) is 0 Å².